The quantitative estimate of drug-likeness (QED) is 0.654. The number of nitrogens with two attached hydrogens (primary N) is 1. The van der Waals surface area contributed by atoms with Crippen molar-refractivity contribution >= 4 is 28.2 Å². The van der Waals surface area contributed by atoms with Crippen LogP contribution >= 0.6 is 0 Å². The molecule has 0 fully saturated rings. The Balaban J connectivity index is 2.61. The zero-order chi connectivity index (χ0) is 14.0. The number of primary amides is 1. The molecule has 2 rings (SSSR count). The van der Waals surface area contributed by atoms with Gasteiger partial charge in [0.05, 0.1) is 11.5 Å². The van der Waals surface area contributed by atoms with Gasteiger partial charge in [0.15, 0.2) is 0 Å². The summed E-state index contributed by atoms with van der Waals surface area (Å²) in [5.74, 6) is -0.474. The second kappa shape index (κ2) is 4.89. The predicted molar refractivity (Wildman–Crippen MR) is 70.9 cm³/mol. The molecule has 98 valence electrons. The van der Waals surface area contributed by atoms with E-state index >= 15 is 0 Å². The molecule has 2 N–H and O–H groups in total. The van der Waals surface area contributed by atoms with Crippen LogP contribution in [-0.4, -0.2) is 29.4 Å². The highest BCUT2D eigenvalue weighted by Crippen LogP contribution is 2.30. The SMILES string of the molecule is CN(CC(N)=O)c1ccnc2c([N+](=O)[O-])cccc12. The Morgan fingerprint density at radius 2 is 2.21 bits per heavy atom. The van der Waals surface area contributed by atoms with E-state index in [4.69, 9.17) is 5.73 Å². The maximum Gasteiger partial charge on any atom is 0.295 e. The lowest BCUT2D eigenvalue weighted by molar-refractivity contribution is -0.383. The number of hydrogen-bond donors (Lipinski definition) is 1. The van der Waals surface area contributed by atoms with Gasteiger partial charge in [0.25, 0.3) is 5.69 Å². The molecule has 2 aromatic rings. The fourth-order valence-electron chi connectivity index (χ4n) is 1.94. The van der Waals surface area contributed by atoms with Crippen LogP contribution < -0.4 is 10.6 Å². The van der Waals surface area contributed by atoms with Crippen LogP contribution in [0.3, 0.4) is 0 Å². The normalized spacial score (nSPS) is 10.4. The highest BCUT2D eigenvalue weighted by Gasteiger charge is 2.16. The van der Waals surface area contributed by atoms with E-state index in [1.807, 2.05) is 0 Å². The predicted octanol–water partition coefficient (Wildman–Crippen LogP) is 1.06. The first-order valence-electron chi connectivity index (χ1n) is 5.52. The molecule has 7 nitrogen and oxygen atoms in total. The molecular formula is C12H12N4O3. The summed E-state index contributed by atoms with van der Waals surface area (Å²) in [6.45, 7) is 0.0296. The van der Waals surface area contributed by atoms with Gasteiger partial charge in [0, 0.05) is 30.4 Å². The highest BCUT2D eigenvalue weighted by molar-refractivity contribution is 5.97. The fourth-order valence-corrected chi connectivity index (χ4v) is 1.94. The minimum absolute atomic E-state index is 0.0296. The summed E-state index contributed by atoms with van der Waals surface area (Å²) in [5.41, 5.74) is 6.05. The van der Waals surface area contributed by atoms with E-state index in [1.54, 1.807) is 30.1 Å². The number of fused-ring (bicyclic) bond motifs is 1. The van der Waals surface area contributed by atoms with Crippen LogP contribution in [0.5, 0.6) is 0 Å². The van der Waals surface area contributed by atoms with Gasteiger partial charge in [-0.15, -0.1) is 0 Å². The van der Waals surface area contributed by atoms with Crippen molar-refractivity contribution in [2.24, 2.45) is 5.73 Å². The molecule has 0 radical (unpaired) electrons. The number of benzene rings is 1. The molecule has 0 unspecified atom stereocenters. The number of amides is 1. The van der Waals surface area contributed by atoms with Gasteiger partial charge >= 0.3 is 0 Å². The Morgan fingerprint density at radius 3 is 2.84 bits per heavy atom. The van der Waals surface area contributed by atoms with Crippen LogP contribution in [0.2, 0.25) is 0 Å². The summed E-state index contributed by atoms with van der Waals surface area (Å²) in [7, 11) is 1.69. The molecule has 0 aliphatic carbocycles. The average Bonchev–Trinajstić information content (AvgIpc) is 2.36. The molecule has 0 saturated heterocycles. The van der Waals surface area contributed by atoms with Crippen molar-refractivity contribution in [3.05, 3.63) is 40.6 Å². The number of likely N-dealkylation sites (N-methyl/N-ethyl adjacent to an activating group) is 1. The highest BCUT2D eigenvalue weighted by atomic mass is 16.6. The summed E-state index contributed by atoms with van der Waals surface area (Å²) < 4.78 is 0. The maximum absolute atomic E-state index is 11.0. The molecule has 1 amide bonds. The third kappa shape index (κ3) is 2.44. The lowest BCUT2D eigenvalue weighted by Crippen LogP contribution is -2.30. The molecule has 0 bridgehead atoms. The largest absolute Gasteiger partial charge is 0.368 e. The van der Waals surface area contributed by atoms with Crippen molar-refractivity contribution < 1.29 is 9.72 Å². The van der Waals surface area contributed by atoms with E-state index in [-0.39, 0.29) is 12.2 Å². The van der Waals surface area contributed by atoms with E-state index in [0.717, 1.165) is 0 Å². The summed E-state index contributed by atoms with van der Waals surface area (Å²) in [5, 5.41) is 11.6. The molecule has 0 aliphatic heterocycles. The number of nitro benzene ring substituents is 1. The topological polar surface area (TPSA) is 102 Å². The first-order chi connectivity index (χ1) is 9.00. The maximum atomic E-state index is 11.0. The van der Waals surface area contributed by atoms with E-state index < -0.39 is 10.8 Å². The number of para-hydroxylation sites is 1. The van der Waals surface area contributed by atoms with E-state index in [9.17, 15) is 14.9 Å². The van der Waals surface area contributed by atoms with Crippen LogP contribution in [0.25, 0.3) is 10.9 Å². The Labute approximate surface area is 108 Å². The van der Waals surface area contributed by atoms with E-state index in [1.165, 1.54) is 12.3 Å². The van der Waals surface area contributed by atoms with Gasteiger partial charge in [-0.25, -0.2) is 4.98 Å². The average molecular weight is 260 g/mol. The first-order valence-corrected chi connectivity index (χ1v) is 5.52. The van der Waals surface area contributed by atoms with Crippen molar-refractivity contribution in [1.29, 1.82) is 0 Å². The molecular weight excluding hydrogens is 248 g/mol. The number of nitrogens with zero attached hydrogens (tertiary/aromatic N) is 3. The number of hydrogen-bond acceptors (Lipinski definition) is 5. The lowest BCUT2D eigenvalue weighted by atomic mass is 10.1. The number of pyridine rings is 1. The molecule has 19 heavy (non-hydrogen) atoms. The van der Waals surface area contributed by atoms with Gasteiger partial charge < -0.3 is 10.6 Å². The number of non-ortho nitro benzene ring substituents is 1. The summed E-state index contributed by atoms with van der Waals surface area (Å²) in [6.07, 6.45) is 1.47. The summed E-state index contributed by atoms with van der Waals surface area (Å²) >= 11 is 0. The Kier molecular flexibility index (Phi) is 3.28. The van der Waals surface area contributed by atoms with Gasteiger partial charge in [-0.2, -0.15) is 0 Å². The second-order valence-electron chi connectivity index (χ2n) is 4.08. The van der Waals surface area contributed by atoms with Crippen LogP contribution in [-0.2, 0) is 4.79 Å². The third-order valence-corrected chi connectivity index (χ3v) is 2.73. The second-order valence-corrected chi connectivity index (χ2v) is 4.08. The number of anilines is 1. The molecule has 0 spiro atoms. The van der Waals surface area contributed by atoms with E-state index in [0.29, 0.717) is 16.6 Å². The molecule has 1 heterocycles. The Morgan fingerprint density at radius 1 is 1.47 bits per heavy atom. The van der Waals surface area contributed by atoms with Crippen LogP contribution in [0, 0.1) is 10.1 Å². The molecule has 1 aromatic heterocycles. The van der Waals surface area contributed by atoms with Crippen molar-refractivity contribution in [2.45, 2.75) is 0 Å². The summed E-state index contributed by atoms with van der Waals surface area (Å²) in [6, 6.07) is 6.40. The first kappa shape index (κ1) is 12.7. The van der Waals surface area contributed by atoms with Crippen LogP contribution in [0.1, 0.15) is 0 Å². The molecule has 0 aliphatic rings. The summed E-state index contributed by atoms with van der Waals surface area (Å²) in [4.78, 5) is 27.1. The molecule has 0 saturated carbocycles. The minimum Gasteiger partial charge on any atom is -0.368 e. The Hall–Kier alpha value is -2.70. The molecule has 7 heteroatoms. The number of carbonyl (C=O) groups is 1. The van der Waals surface area contributed by atoms with Gasteiger partial charge in [0.2, 0.25) is 5.91 Å². The van der Waals surface area contributed by atoms with Gasteiger partial charge in [-0.3, -0.25) is 14.9 Å². The van der Waals surface area contributed by atoms with Gasteiger partial charge in [0.1, 0.15) is 5.52 Å². The van der Waals surface area contributed by atoms with Crippen molar-refractivity contribution in [2.75, 3.05) is 18.5 Å². The van der Waals surface area contributed by atoms with Crippen LogP contribution in [0.4, 0.5) is 11.4 Å². The smallest absolute Gasteiger partial charge is 0.295 e. The number of aromatic nitrogens is 1. The standard InChI is InChI=1S/C12H12N4O3/c1-15(7-11(13)17)9-5-6-14-12-8(9)3-2-4-10(12)16(18)19/h2-6H,7H2,1H3,(H2,13,17). The van der Waals surface area contributed by atoms with Crippen LogP contribution in [0.15, 0.2) is 30.5 Å². The monoisotopic (exact) mass is 260 g/mol. The minimum atomic E-state index is -0.479. The number of nitro groups is 1. The van der Waals surface area contributed by atoms with Gasteiger partial charge in [-0.1, -0.05) is 12.1 Å². The fraction of sp³-hybridized carbons (Fsp3) is 0.167. The molecule has 0 atom stereocenters. The van der Waals surface area contributed by atoms with Crippen molar-refractivity contribution in [1.82, 2.24) is 4.98 Å². The third-order valence-electron chi connectivity index (χ3n) is 2.73. The zero-order valence-electron chi connectivity index (χ0n) is 10.2. The van der Waals surface area contributed by atoms with Gasteiger partial charge in [-0.05, 0) is 6.07 Å². The Bertz CT molecular complexity index is 656. The molecule has 1 aromatic carbocycles. The van der Waals surface area contributed by atoms with E-state index in [2.05, 4.69) is 4.98 Å². The number of rotatable bonds is 4. The van der Waals surface area contributed by atoms with Crippen molar-refractivity contribution in [3.8, 4) is 0 Å². The zero-order valence-corrected chi connectivity index (χ0v) is 10.2. The van der Waals surface area contributed by atoms with Crippen molar-refractivity contribution in [3.63, 3.8) is 0 Å². The lowest BCUT2D eigenvalue weighted by Gasteiger charge is -2.18. The number of carbonyl (C=O) groups excluding carboxylic acids is 1.